The molecule has 294 valence electrons. The molecule has 1 aliphatic rings. The highest BCUT2D eigenvalue weighted by atomic mass is 15.0. The topological polar surface area (TPSA) is 64.5 Å². The van der Waals surface area contributed by atoms with E-state index in [0.29, 0.717) is 17.5 Å². The second-order valence-electron chi connectivity index (χ2n) is 16.0. The van der Waals surface area contributed by atoms with Crippen LogP contribution in [-0.4, -0.2) is 24.9 Å². The van der Waals surface area contributed by atoms with Crippen molar-refractivity contribution in [3.05, 3.63) is 247 Å². The molecule has 0 N–H and O–H groups in total. The SMILES string of the molecule is c1ccc(-c2nc(-c3ccccc3)nc(-c3cc(-c4ccc5c(c4)-c4ccccc4C5(c4ccccc4)c4ccccc4)cc(-c4cc5cccnc5c5ncccc45)c3)n2)cc1. The van der Waals surface area contributed by atoms with Gasteiger partial charge in [-0.15, -0.1) is 0 Å². The van der Waals surface area contributed by atoms with E-state index in [2.05, 4.69) is 140 Å². The molecule has 0 atom stereocenters. The van der Waals surface area contributed by atoms with E-state index in [0.717, 1.165) is 60.8 Å². The first-order valence-electron chi connectivity index (χ1n) is 21.2. The van der Waals surface area contributed by atoms with Crippen molar-refractivity contribution in [2.24, 2.45) is 0 Å². The van der Waals surface area contributed by atoms with Crippen LogP contribution in [0.2, 0.25) is 0 Å². The largest absolute Gasteiger partial charge is 0.254 e. The van der Waals surface area contributed by atoms with Crippen LogP contribution in [0.15, 0.2) is 225 Å². The van der Waals surface area contributed by atoms with Crippen LogP contribution in [0.1, 0.15) is 22.3 Å². The lowest BCUT2D eigenvalue weighted by Crippen LogP contribution is -2.28. The fourth-order valence-electron chi connectivity index (χ4n) is 9.66. The van der Waals surface area contributed by atoms with Gasteiger partial charge in [-0.25, -0.2) is 15.0 Å². The van der Waals surface area contributed by atoms with Crippen LogP contribution in [-0.2, 0) is 5.41 Å². The maximum absolute atomic E-state index is 5.21. The van der Waals surface area contributed by atoms with E-state index in [1.54, 1.807) is 0 Å². The van der Waals surface area contributed by atoms with Gasteiger partial charge in [0.15, 0.2) is 17.5 Å². The van der Waals surface area contributed by atoms with Gasteiger partial charge in [-0.3, -0.25) is 9.97 Å². The van der Waals surface area contributed by atoms with E-state index < -0.39 is 5.41 Å². The van der Waals surface area contributed by atoms with E-state index in [9.17, 15) is 0 Å². The Morgan fingerprint density at radius 3 is 1.49 bits per heavy atom. The Kier molecular flexibility index (Phi) is 8.64. The first-order valence-corrected chi connectivity index (χ1v) is 21.2. The molecule has 3 aromatic heterocycles. The molecular weight excluding hydrogens is 767 g/mol. The Bertz CT molecular complexity index is 3400. The van der Waals surface area contributed by atoms with Crippen molar-refractivity contribution in [3.8, 4) is 67.5 Å². The number of pyridine rings is 2. The van der Waals surface area contributed by atoms with E-state index in [4.69, 9.17) is 24.9 Å². The summed E-state index contributed by atoms with van der Waals surface area (Å²) in [4.78, 5) is 25.1. The molecule has 8 aromatic carbocycles. The number of nitrogens with zero attached hydrogens (tertiary/aromatic N) is 5. The highest BCUT2D eigenvalue weighted by Crippen LogP contribution is 2.56. The van der Waals surface area contributed by atoms with E-state index in [1.165, 1.54) is 33.4 Å². The Labute approximate surface area is 365 Å². The number of hydrogen-bond donors (Lipinski definition) is 0. The minimum Gasteiger partial charge on any atom is -0.254 e. The third-order valence-corrected chi connectivity index (χ3v) is 12.5. The summed E-state index contributed by atoms with van der Waals surface area (Å²) in [5.74, 6) is 1.82. The normalized spacial score (nSPS) is 12.6. The third-order valence-electron chi connectivity index (χ3n) is 12.5. The van der Waals surface area contributed by atoms with Crippen LogP contribution in [0, 0.1) is 0 Å². The second-order valence-corrected chi connectivity index (χ2v) is 16.0. The average molecular weight is 804 g/mol. The summed E-state index contributed by atoms with van der Waals surface area (Å²) in [5, 5.41) is 2.05. The van der Waals surface area contributed by atoms with Crippen molar-refractivity contribution in [2.45, 2.75) is 5.41 Å². The Balaban J connectivity index is 1.12. The highest BCUT2D eigenvalue weighted by molar-refractivity contribution is 6.10. The zero-order chi connectivity index (χ0) is 41.7. The minimum absolute atomic E-state index is 0.489. The number of benzene rings is 8. The smallest absolute Gasteiger partial charge is 0.164 e. The molecule has 0 unspecified atom stereocenters. The van der Waals surface area contributed by atoms with Crippen LogP contribution >= 0.6 is 0 Å². The third kappa shape index (κ3) is 6.05. The summed E-state index contributed by atoms with van der Waals surface area (Å²) >= 11 is 0. The van der Waals surface area contributed by atoms with E-state index >= 15 is 0 Å². The summed E-state index contributed by atoms with van der Waals surface area (Å²) in [5.41, 5.74) is 15.7. The van der Waals surface area contributed by atoms with Gasteiger partial charge in [0.25, 0.3) is 0 Å². The van der Waals surface area contributed by atoms with Gasteiger partial charge < -0.3 is 0 Å². The van der Waals surface area contributed by atoms with Gasteiger partial charge in [0.1, 0.15) is 0 Å². The molecule has 5 heteroatoms. The fraction of sp³-hybridized carbons (Fsp3) is 0.0172. The van der Waals surface area contributed by atoms with Gasteiger partial charge in [0.05, 0.1) is 16.4 Å². The van der Waals surface area contributed by atoms with Gasteiger partial charge in [-0.2, -0.15) is 0 Å². The summed E-state index contributed by atoms with van der Waals surface area (Å²) in [6.07, 6.45) is 3.68. The first kappa shape index (κ1) is 36.4. The zero-order valence-electron chi connectivity index (χ0n) is 34.1. The lowest BCUT2D eigenvalue weighted by molar-refractivity contribution is 0.768. The lowest BCUT2D eigenvalue weighted by atomic mass is 9.67. The molecule has 1 aliphatic carbocycles. The van der Waals surface area contributed by atoms with Crippen molar-refractivity contribution < 1.29 is 0 Å². The molecule has 0 aliphatic heterocycles. The maximum Gasteiger partial charge on any atom is 0.164 e. The molecule has 5 nitrogen and oxygen atoms in total. The average Bonchev–Trinajstić information content (AvgIpc) is 3.67. The van der Waals surface area contributed by atoms with Gasteiger partial charge in [0, 0.05) is 39.9 Å². The van der Waals surface area contributed by atoms with Crippen LogP contribution in [0.3, 0.4) is 0 Å². The predicted molar refractivity (Wildman–Crippen MR) is 255 cm³/mol. The number of hydrogen-bond acceptors (Lipinski definition) is 5. The molecule has 3 heterocycles. The van der Waals surface area contributed by atoms with Crippen LogP contribution in [0.4, 0.5) is 0 Å². The molecule has 12 rings (SSSR count). The Morgan fingerprint density at radius 1 is 0.302 bits per heavy atom. The number of fused-ring (bicyclic) bond motifs is 6. The van der Waals surface area contributed by atoms with Crippen molar-refractivity contribution in [2.75, 3.05) is 0 Å². The van der Waals surface area contributed by atoms with Crippen molar-refractivity contribution >= 4 is 21.8 Å². The first-order chi connectivity index (χ1) is 31.2. The van der Waals surface area contributed by atoms with Crippen LogP contribution in [0.25, 0.3) is 89.4 Å². The molecule has 0 saturated carbocycles. The molecule has 63 heavy (non-hydrogen) atoms. The zero-order valence-corrected chi connectivity index (χ0v) is 34.1. The quantitative estimate of drug-likeness (QED) is 0.150. The van der Waals surface area contributed by atoms with Gasteiger partial charge in [0.2, 0.25) is 0 Å². The van der Waals surface area contributed by atoms with E-state index in [-0.39, 0.29) is 0 Å². The summed E-state index contributed by atoms with van der Waals surface area (Å²) in [6, 6.07) is 75.3. The molecule has 0 saturated heterocycles. The molecule has 0 radical (unpaired) electrons. The predicted octanol–water partition coefficient (Wildman–Crippen LogP) is 13.7. The monoisotopic (exact) mass is 803 g/mol. The second kappa shape index (κ2) is 14.9. The Morgan fingerprint density at radius 2 is 0.825 bits per heavy atom. The standard InChI is InChI=1S/C58H37N5/c1-5-17-38(18-6-1)55-61-56(39-19-7-2-8-20-39)63-57(62-55)44-34-42(33-43(35-44)49-37-41-21-15-31-59-53(41)54-48(49)27-16-32-60-54)40-29-30-52-50(36-40)47-26-13-14-28-51(47)58(52,45-22-9-3-10-23-45)46-24-11-4-12-25-46/h1-37H. The summed E-state index contributed by atoms with van der Waals surface area (Å²) in [6.45, 7) is 0. The van der Waals surface area contributed by atoms with Crippen LogP contribution < -0.4 is 0 Å². The minimum atomic E-state index is -0.489. The maximum atomic E-state index is 5.21. The summed E-state index contributed by atoms with van der Waals surface area (Å²) in [7, 11) is 0. The highest BCUT2D eigenvalue weighted by Gasteiger charge is 2.46. The molecule has 11 aromatic rings. The van der Waals surface area contributed by atoms with Crippen molar-refractivity contribution in [1.29, 1.82) is 0 Å². The fourth-order valence-corrected chi connectivity index (χ4v) is 9.66. The molecule has 0 spiro atoms. The van der Waals surface area contributed by atoms with Gasteiger partial charge >= 0.3 is 0 Å². The number of aromatic nitrogens is 5. The molecule has 0 fully saturated rings. The summed E-state index contributed by atoms with van der Waals surface area (Å²) < 4.78 is 0. The van der Waals surface area contributed by atoms with Crippen molar-refractivity contribution in [1.82, 2.24) is 24.9 Å². The van der Waals surface area contributed by atoms with Crippen LogP contribution in [0.5, 0.6) is 0 Å². The molecule has 0 amide bonds. The molecule has 0 bridgehead atoms. The van der Waals surface area contributed by atoms with Gasteiger partial charge in [-0.1, -0.05) is 170 Å². The number of rotatable bonds is 7. The Hall–Kier alpha value is -8.41. The van der Waals surface area contributed by atoms with Gasteiger partial charge in [-0.05, 0) is 98.1 Å². The van der Waals surface area contributed by atoms with Crippen molar-refractivity contribution in [3.63, 3.8) is 0 Å². The lowest BCUT2D eigenvalue weighted by Gasteiger charge is -2.33. The molecular formula is C58H37N5. The van der Waals surface area contributed by atoms with E-state index in [1.807, 2.05) is 85.2 Å².